The van der Waals surface area contributed by atoms with E-state index in [9.17, 15) is 14.7 Å². The molecule has 0 spiro atoms. The Labute approximate surface area is 87.1 Å². The number of rotatable bonds is 4. The van der Waals surface area contributed by atoms with Gasteiger partial charge >= 0.3 is 0 Å². The second kappa shape index (κ2) is 4.05. The molecular weight excluding hydrogens is 201 g/mol. The SMILES string of the molecule is CC(=O)C(O)(C(C)=O)C([PH-])[N+](C)(C)C. The van der Waals surface area contributed by atoms with Crippen LogP contribution in [0.2, 0.25) is 0 Å². The van der Waals surface area contributed by atoms with E-state index in [4.69, 9.17) is 0 Å². The van der Waals surface area contributed by atoms with Gasteiger partial charge in [0.25, 0.3) is 0 Å². The number of carbonyl (C=O) groups is 2. The molecule has 1 unspecified atom stereocenters. The summed E-state index contributed by atoms with van der Waals surface area (Å²) in [6, 6.07) is 0. The van der Waals surface area contributed by atoms with Crippen molar-refractivity contribution in [2.24, 2.45) is 0 Å². The van der Waals surface area contributed by atoms with Crippen molar-refractivity contribution in [3.63, 3.8) is 0 Å². The molecule has 1 atom stereocenters. The van der Waals surface area contributed by atoms with Crippen molar-refractivity contribution in [3.05, 3.63) is 0 Å². The van der Waals surface area contributed by atoms with Crippen LogP contribution in [0.5, 0.6) is 0 Å². The van der Waals surface area contributed by atoms with Crippen molar-refractivity contribution >= 4 is 20.8 Å². The summed E-state index contributed by atoms with van der Waals surface area (Å²) in [5.74, 6) is -1.74. The van der Waals surface area contributed by atoms with Gasteiger partial charge in [0.1, 0.15) is 0 Å². The molecule has 14 heavy (non-hydrogen) atoms. The first-order valence-corrected chi connectivity index (χ1v) is 4.89. The highest BCUT2D eigenvalue weighted by molar-refractivity contribution is 7.17. The molecule has 82 valence electrons. The lowest BCUT2D eigenvalue weighted by Gasteiger charge is -2.45. The third kappa shape index (κ3) is 2.38. The molecular formula is C9H18NO3P. The molecule has 0 rings (SSSR count). The number of quaternary nitrogens is 1. The normalized spacial score (nSPS) is 15.1. The summed E-state index contributed by atoms with van der Waals surface area (Å²) in [5, 5.41) is 10.0. The third-order valence-electron chi connectivity index (χ3n) is 2.24. The maximum absolute atomic E-state index is 11.3. The fraction of sp³-hybridized carbons (Fsp3) is 0.778. The van der Waals surface area contributed by atoms with Gasteiger partial charge in [-0.1, -0.05) is 0 Å². The summed E-state index contributed by atoms with van der Waals surface area (Å²) in [7, 11) is 8.62. The molecule has 0 aromatic rings. The smallest absolute Gasteiger partial charge is 0.204 e. The molecule has 0 aromatic heterocycles. The van der Waals surface area contributed by atoms with Crippen LogP contribution in [0.4, 0.5) is 0 Å². The fourth-order valence-electron chi connectivity index (χ4n) is 1.19. The predicted octanol–water partition coefficient (Wildman–Crippen LogP) is 0.0706. The molecule has 5 heteroatoms. The van der Waals surface area contributed by atoms with E-state index in [1.54, 1.807) is 21.1 Å². The molecule has 0 aromatic carbocycles. The lowest BCUT2D eigenvalue weighted by atomic mass is 9.93. The van der Waals surface area contributed by atoms with Gasteiger partial charge in [0.2, 0.25) is 5.60 Å². The first kappa shape index (κ1) is 13.7. The number of carbonyl (C=O) groups excluding carboxylic acids is 2. The number of likely N-dealkylation sites (N-methyl/N-ethyl adjacent to an activating group) is 1. The zero-order chi connectivity index (χ0) is 11.7. The van der Waals surface area contributed by atoms with E-state index < -0.39 is 23.0 Å². The van der Waals surface area contributed by atoms with Crippen LogP contribution >= 0.6 is 9.24 Å². The fourth-order valence-corrected chi connectivity index (χ4v) is 1.60. The Hall–Kier alpha value is -0.310. The molecule has 0 aliphatic rings. The first-order chi connectivity index (χ1) is 6.04. The number of hydrogen-bond donors (Lipinski definition) is 1. The van der Waals surface area contributed by atoms with E-state index in [1.807, 2.05) is 0 Å². The van der Waals surface area contributed by atoms with E-state index in [1.165, 1.54) is 13.8 Å². The second-order valence-electron chi connectivity index (χ2n) is 4.40. The molecule has 0 radical (unpaired) electrons. The van der Waals surface area contributed by atoms with Crippen LogP contribution in [0.15, 0.2) is 0 Å². The molecule has 0 saturated heterocycles. The van der Waals surface area contributed by atoms with Crippen LogP contribution in [-0.2, 0) is 9.59 Å². The molecule has 0 amide bonds. The Morgan fingerprint density at radius 2 is 1.50 bits per heavy atom. The molecule has 0 saturated carbocycles. The van der Waals surface area contributed by atoms with Crippen molar-refractivity contribution in [2.45, 2.75) is 25.2 Å². The minimum Gasteiger partial charge on any atom is -0.488 e. The summed E-state index contributed by atoms with van der Waals surface area (Å²) >= 11 is 0. The number of ketones is 2. The Morgan fingerprint density at radius 1 is 1.21 bits per heavy atom. The summed E-state index contributed by atoms with van der Waals surface area (Å²) in [4.78, 5) is 22.6. The lowest BCUT2D eigenvalue weighted by Crippen LogP contribution is -2.62. The van der Waals surface area contributed by atoms with E-state index in [2.05, 4.69) is 9.24 Å². The van der Waals surface area contributed by atoms with E-state index in [0.29, 0.717) is 0 Å². The number of hydrogen-bond acceptors (Lipinski definition) is 3. The van der Waals surface area contributed by atoms with Crippen molar-refractivity contribution in [3.8, 4) is 0 Å². The Morgan fingerprint density at radius 3 is 1.57 bits per heavy atom. The number of nitrogens with zero attached hydrogens (tertiary/aromatic N) is 1. The Bertz CT molecular complexity index is 243. The monoisotopic (exact) mass is 219 g/mol. The molecule has 0 aliphatic carbocycles. The zero-order valence-corrected chi connectivity index (χ0v) is 10.3. The first-order valence-electron chi connectivity index (χ1n) is 4.31. The van der Waals surface area contributed by atoms with Crippen LogP contribution in [0, 0.1) is 0 Å². The van der Waals surface area contributed by atoms with E-state index in [0.717, 1.165) is 0 Å². The highest BCUT2D eigenvalue weighted by Crippen LogP contribution is 2.26. The molecule has 0 fully saturated rings. The molecule has 1 N–H and O–H groups in total. The topological polar surface area (TPSA) is 54.4 Å². The van der Waals surface area contributed by atoms with E-state index in [-0.39, 0.29) is 4.48 Å². The quantitative estimate of drug-likeness (QED) is 0.413. The largest absolute Gasteiger partial charge is 0.488 e. The van der Waals surface area contributed by atoms with Crippen LogP contribution in [0.3, 0.4) is 0 Å². The van der Waals surface area contributed by atoms with E-state index >= 15 is 0 Å². The van der Waals surface area contributed by atoms with Crippen molar-refractivity contribution in [2.75, 3.05) is 21.1 Å². The van der Waals surface area contributed by atoms with Crippen LogP contribution in [-0.4, -0.2) is 53.7 Å². The van der Waals surface area contributed by atoms with Gasteiger partial charge in [0, 0.05) is 5.78 Å². The highest BCUT2D eigenvalue weighted by atomic mass is 31.0. The van der Waals surface area contributed by atoms with Gasteiger partial charge in [0.15, 0.2) is 11.6 Å². The summed E-state index contributed by atoms with van der Waals surface area (Å²) < 4.78 is 0.270. The summed E-state index contributed by atoms with van der Waals surface area (Å²) in [6.45, 7) is 2.42. The molecule has 0 bridgehead atoms. The zero-order valence-electron chi connectivity index (χ0n) is 9.29. The Balaban J connectivity index is 5.24. The second-order valence-corrected chi connectivity index (χ2v) is 4.94. The Kier molecular flexibility index (Phi) is 3.96. The van der Waals surface area contributed by atoms with Gasteiger partial charge in [-0.05, 0) is 13.8 Å². The van der Waals surface area contributed by atoms with Gasteiger partial charge in [-0.3, -0.25) is 9.59 Å². The maximum atomic E-state index is 11.3. The van der Waals surface area contributed by atoms with Crippen molar-refractivity contribution in [1.29, 1.82) is 0 Å². The highest BCUT2D eigenvalue weighted by Gasteiger charge is 2.45. The van der Waals surface area contributed by atoms with Gasteiger partial charge in [0.05, 0.1) is 21.1 Å². The van der Waals surface area contributed by atoms with Gasteiger partial charge in [-0.15, -0.1) is 0 Å². The number of aliphatic hydroxyl groups is 1. The van der Waals surface area contributed by atoms with Crippen LogP contribution < -0.4 is 0 Å². The molecule has 0 heterocycles. The minimum atomic E-state index is -1.95. The third-order valence-corrected chi connectivity index (χ3v) is 3.44. The molecule has 4 nitrogen and oxygen atoms in total. The standard InChI is InChI=1S/C9H18NO3P/c1-6(11)9(13,7(2)12)8(14)10(3,4)5/h8,13-14H,1-5H3. The summed E-state index contributed by atoms with van der Waals surface area (Å²) in [5.41, 5.74) is -1.95. The maximum Gasteiger partial charge on any atom is 0.204 e. The average molecular weight is 219 g/mol. The van der Waals surface area contributed by atoms with Crippen LogP contribution in [0.1, 0.15) is 13.8 Å². The summed E-state index contributed by atoms with van der Waals surface area (Å²) in [6.07, 6.45) is 0. The minimum absolute atomic E-state index is 0.270. The van der Waals surface area contributed by atoms with Gasteiger partial charge in [-0.25, -0.2) is 0 Å². The van der Waals surface area contributed by atoms with Crippen LogP contribution in [0.25, 0.3) is 0 Å². The van der Waals surface area contributed by atoms with Crippen molar-refractivity contribution in [1.82, 2.24) is 0 Å². The lowest BCUT2D eigenvalue weighted by molar-refractivity contribution is -0.885. The predicted molar refractivity (Wildman–Crippen MR) is 56.4 cm³/mol. The van der Waals surface area contributed by atoms with Gasteiger partial charge in [-0.2, -0.15) is 0 Å². The average Bonchev–Trinajstić information content (AvgIpc) is 1.99. The molecule has 0 aliphatic heterocycles. The number of Topliss-reactive ketones (excluding diaryl/α,β-unsaturated/α-hetero) is 2. The van der Waals surface area contributed by atoms with Gasteiger partial charge < -0.3 is 18.8 Å². The van der Waals surface area contributed by atoms with Crippen molar-refractivity contribution < 1.29 is 19.2 Å².